The van der Waals surface area contributed by atoms with E-state index >= 15 is 0 Å². The summed E-state index contributed by atoms with van der Waals surface area (Å²) in [7, 11) is 0. The van der Waals surface area contributed by atoms with Crippen LogP contribution >= 0.6 is 23.2 Å². The molecule has 0 fully saturated rings. The van der Waals surface area contributed by atoms with Crippen molar-refractivity contribution in [1.82, 2.24) is 4.98 Å². The summed E-state index contributed by atoms with van der Waals surface area (Å²) in [5.74, 6) is -0.516. The van der Waals surface area contributed by atoms with Crippen molar-refractivity contribution in [2.24, 2.45) is 0 Å². The number of aromatic nitrogens is 1. The number of hydrogen-bond acceptors (Lipinski definition) is 3. The van der Waals surface area contributed by atoms with E-state index in [9.17, 15) is 4.79 Å². The van der Waals surface area contributed by atoms with Gasteiger partial charge in [-0.25, -0.2) is 9.78 Å². The number of halogens is 2. The van der Waals surface area contributed by atoms with E-state index < -0.39 is 5.97 Å². The minimum absolute atomic E-state index is 0.0313. The Balaban J connectivity index is 2.30. The molecule has 0 saturated heterocycles. The van der Waals surface area contributed by atoms with Gasteiger partial charge in [-0.3, -0.25) is 0 Å². The molecule has 0 radical (unpaired) electrons. The molecule has 2 aromatic rings. The molecule has 0 bridgehead atoms. The van der Waals surface area contributed by atoms with Crippen LogP contribution in [-0.2, 0) is 0 Å². The van der Waals surface area contributed by atoms with Crippen LogP contribution in [0.1, 0.15) is 10.4 Å². The number of carboxylic acid groups (broad SMARTS) is 1. The fourth-order valence-corrected chi connectivity index (χ4v) is 1.65. The Hall–Kier alpha value is -1.78. The van der Waals surface area contributed by atoms with Gasteiger partial charge in [-0.15, -0.1) is 0 Å². The third kappa shape index (κ3) is 2.91. The SMILES string of the molecule is O=C(O)c1cc(Oc2cccc(Cl)n2)ccc1Cl. The molecule has 0 spiro atoms. The molecule has 4 nitrogen and oxygen atoms in total. The summed E-state index contributed by atoms with van der Waals surface area (Å²) in [6.45, 7) is 0. The first-order chi connectivity index (χ1) is 8.56. The van der Waals surface area contributed by atoms with E-state index in [0.717, 1.165) is 0 Å². The van der Waals surface area contributed by atoms with Crippen LogP contribution in [0.3, 0.4) is 0 Å². The fourth-order valence-electron chi connectivity index (χ4n) is 1.30. The van der Waals surface area contributed by atoms with Crippen molar-refractivity contribution in [3.05, 3.63) is 52.1 Å². The van der Waals surface area contributed by atoms with Crippen LogP contribution < -0.4 is 4.74 Å². The van der Waals surface area contributed by atoms with Gasteiger partial charge in [0.1, 0.15) is 10.9 Å². The highest BCUT2D eigenvalue weighted by molar-refractivity contribution is 6.33. The summed E-state index contributed by atoms with van der Waals surface area (Å²) >= 11 is 11.5. The Kier molecular flexibility index (Phi) is 3.69. The second-order valence-corrected chi connectivity index (χ2v) is 4.14. The zero-order chi connectivity index (χ0) is 13.1. The summed E-state index contributed by atoms with van der Waals surface area (Å²) in [6, 6.07) is 9.23. The minimum Gasteiger partial charge on any atom is -0.478 e. The van der Waals surface area contributed by atoms with E-state index in [2.05, 4.69) is 4.98 Å². The molecule has 0 aliphatic rings. The van der Waals surface area contributed by atoms with E-state index in [-0.39, 0.29) is 16.5 Å². The maximum absolute atomic E-state index is 10.9. The van der Waals surface area contributed by atoms with Crippen LogP contribution in [0.5, 0.6) is 11.6 Å². The summed E-state index contributed by atoms with van der Waals surface area (Å²) in [4.78, 5) is 14.8. The van der Waals surface area contributed by atoms with Crippen LogP contribution in [0.25, 0.3) is 0 Å². The van der Waals surface area contributed by atoms with E-state index in [1.807, 2.05) is 0 Å². The van der Waals surface area contributed by atoms with Gasteiger partial charge in [0.15, 0.2) is 0 Å². The minimum atomic E-state index is -1.12. The lowest BCUT2D eigenvalue weighted by Gasteiger charge is -2.06. The summed E-state index contributed by atoms with van der Waals surface area (Å²) in [5, 5.41) is 9.36. The predicted molar refractivity (Wildman–Crippen MR) is 67.7 cm³/mol. The lowest BCUT2D eigenvalue weighted by atomic mass is 10.2. The molecule has 1 aromatic heterocycles. The van der Waals surface area contributed by atoms with Gasteiger partial charge in [0.25, 0.3) is 0 Å². The third-order valence-corrected chi connectivity index (χ3v) is 2.62. The molecule has 0 atom stereocenters. The number of hydrogen-bond donors (Lipinski definition) is 1. The van der Waals surface area contributed by atoms with Gasteiger partial charge in [-0.1, -0.05) is 29.3 Å². The molecule has 0 amide bonds. The first-order valence-corrected chi connectivity index (χ1v) is 5.65. The van der Waals surface area contributed by atoms with Crippen molar-refractivity contribution in [1.29, 1.82) is 0 Å². The van der Waals surface area contributed by atoms with Crippen LogP contribution in [-0.4, -0.2) is 16.1 Å². The topological polar surface area (TPSA) is 59.4 Å². The van der Waals surface area contributed by atoms with Crippen LogP contribution in [0.15, 0.2) is 36.4 Å². The van der Waals surface area contributed by atoms with Gasteiger partial charge in [0.2, 0.25) is 5.88 Å². The Morgan fingerprint density at radius 2 is 2.00 bits per heavy atom. The zero-order valence-electron chi connectivity index (χ0n) is 8.93. The van der Waals surface area contributed by atoms with Gasteiger partial charge in [0, 0.05) is 6.07 Å². The lowest BCUT2D eigenvalue weighted by molar-refractivity contribution is 0.0696. The van der Waals surface area contributed by atoms with Crippen molar-refractivity contribution in [3.63, 3.8) is 0 Å². The van der Waals surface area contributed by atoms with Crippen LogP contribution in [0, 0.1) is 0 Å². The predicted octanol–water partition coefficient (Wildman–Crippen LogP) is 3.88. The number of benzene rings is 1. The number of aromatic carboxylic acids is 1. The van der Waals surface area contributed by atoms with Crippen LogP contribution in [0.2, 0.25) is 10.2 Å². The second kappa shape index (κ2) is 5.25. The molecule has 0 aliphatic carbocycles. The average molecular weight is 284 g/mol. The van der Waals surface area contributed by atoms with Crippen LogP contribution in [0.4, 0.5) is 0 Å². The molecule has 1 heterocycles. The maximum atomic E-state index is 10.9. The Morgan fingerprint density at radius 3 is 2.67 bits per heavy atom. The van der Waals surface area contributed by atoms with Crippen molar-refractivity contribution in [2.45, 2.75) is 0 Å². The van der Waals surface area contributed by atoms with Gasteiger partial charge in [-0.05, 0) is 24.3 Å². The molecule has 6 heteroatoms. The zero-order valence-corrected chi connectivity index (χ0v) is 10.4. The number of ether oxygens (including phenoxy) is 1. The summed E-state index contributed by atoms with van der Waals surface area (Å²) in [5.41, 5.74) is -0.0313. The highest BCUT2D eigenvalue weighted by Crippen LogP contribution is 2.26. The first-order valence-electron chi connectivity index (χ1n) is 4.89. The van der Waals surface area contributed by atoms with E-state index in [1.54, 1.807) is 24.3 Å². The average Bonchev–Trinajstić information content (AvgIpc) is 2.31. The molecule has 92 valence electrons. The van der Waals surface area contributed by atoms with E-state index in [4.69, 9.17) is 33.0 Å². The first kappa shape index (κ1) is 12.7. The van der Waals surface area contributed by atoms with Crippen molar-refractivity contribution in [3.8, 4) is 11.6 Å². The Morgan fingerprint density at radius 1 is 1.22 bits per heavy atom. The molecular weight excluding hydrogens is 277 g/mol. The molecule has 18 heavy (non-hydrogen) atoms. The lowest BCUT2D eigenvalue weighted by Crippen LogP contribution is -1.98. The number of carbonyl (C=O) groups is 1. The quantitative estimate of drug-likeness (QED) is 0.869. The molecule has 0 aliphatic heterocycles. The second-order valence-electron chi connectivity index (χ2n) is 3.35. The van der Waals surface area contributed by atoms with Gasteiger partial charge in [-0.2, -0.15) is 0 Å². The monoisotopic (exact) mass is 283 g/mol. The molecule has 0 saturated carbocycles. The standard InChI is InChI=1S/C12H7Cl2NO3/c13-9-5-4-7(6-8(9)12(16)17)18-11-3-1-2-10(14)15-11/h1-6H,(H,16,17). The third-order valence-electron chi connectivity index (χ3n) is 2.08. The van der Waals surface area contributed by atoms with Gasteiger partial charge < -0.3 is 9.84 Å². The highest BCUT2D eigenvalue weighted by atomic mass is 35.5. The molecular formula is C12H7Cl2NO3. The van der Waals surface area contributed by atoms with E-state index in [0.29, 0.717) is 10.9 Å². The molecule has 2 rings (SSSR count). The Bertz CT molecular complexity index is 602. The number of carboxylic acids is 1. The normalized spacial score (nSPS) is 10.1. The van der Waals surface area contributed by atoms with Crippen molar-refractivity contribution >= 4 is 29.2 Å². The van der Waals surface area contributed by atoms with E-state index in [1.165, 1.54) is 12.1 Å². The number of nitrogens with zero attached hydrogens (tertiary/aromatic N) is 1. The van der Waals surface area contributed by atoms with Gasteiger partial charge >= 0.3 is 5.97 Å². The smallest absolute Gasteiger partial charge is 0.337 e. The largest absolute Gasteiger partial charge is 0.478 e. The summed E-state index contributed by atoms with van der Waals surface area (Å²) < 4.78 is 5.39. The molecule has 1 N–H and O–H groups in total. The number of rotatable bonds is 3. The van der Waals surface area contributed by atoms with Gasteiger partial charge in [0.05, 0.1) is 10.6 Å². The molecule has 1 aromatic carbocycles. The Labute approximate surface area is 113 Å². The van der Waals surface area contributed by atoms with Crippen molar-refractivity contribution in [2.75, 3.05) is 0 Å². The van der Waals surface area contributed by atoms with Crippen molar-refractivity contribution < 1.29 is 14.6 Å². The fraction of sp³-hybridized carbons (Fsp3) is 0. The summed E-state index contributed by atoms with van der Waals surface area (Å²) in [6.07, 6.45) is 0. The highest BCUT2D eigenvalue weighted by Gasteiger charge is 2.10. The maximum Gasteiger partial charge on any atom is 0.337 e. The number of pyridine rings is 1. The molecule has 0 unspecified atom stereocenters.